The second kappa shape index (κ2) is 10.9. The number of ether oxygens (including phenoxy) is 2. The number of hydrogen-bond donors (Lipinski definition) is 3. The number of aliphatic hydroxyl groups is 2. The van der Waals surface area contributed by atoms with Crippen LogP contribution in [-0.2, 0) is 18.0 Å². The van der Waals surface area contributed by atoms with Crippen molar-refractivity contribution in [3.8, 4) is 5.75 Å². The zero-order valence-corrected chi connectivity index (χ0v) is 18.0. The summed E-state index contributed by atoms with van der Waals surface area (Å²) >= 11 is 0. The number of rotatable bonds is 8. The second-order valence-corrected chi connectivity index (χ2v) is 7.79. The Bertz CT molecular complexity index is 940. The smallest absolute Gasteiger partial charge is 0.408 e. The van der Waals surface area contributed by atoms with Crippen molar-refractivity contribution < 1.29 is 29.4 Å². The molecule has 0 aliphatic heterocycles. The molecule has 2 aromatic rings. The number of nitro groups is 1. The first kappa shape index (κ1) is 23.5. The summed E-state index contributed by atoms with van der Waals surface area (Å²) in [6, 6.07) is 9.30. The van der Waals surface area contributed by atoms with Gasteiger partial charge in [-0.15, -0.1) is 0 Å². The van der Waals surface area contributed by atoms with Crippen molar-refractivity contribution >= 4 is 11.8 Å². The highest BCUT2D eigenvalue weighted by Crippen LogP contribution is 2.36. The van der Waals surface area contributed by atoms with E-state index in [1.165, 1.54) is 19.2 Å². The fourth-order valence-corrected chi connectivity index (χ4v) is 4.00. The average Bonchev–Trinajstić information content (AvgIpc) is 2.82. The first-order valence-electron chi connectivity index (χ1n) is 10.6. The molecule has 1 saturated carbocycles. The Kier molecular flexibility index (Phi) is 8.02. The lowest BCUT2D eigenvalue weighted by Gasteiger charge is -2.25. The molecule has 32 heavy (non-hydrogen) atoms. The standard InChI is InChI=1S/C23H28N2O7/c1-31-19-9-7-15(8-10-19)22(32-23(28)24-18-5-3-2-4-6-18)20-11-16(13-26)17(14-27)12-21(20)25(29)30/h7-12,18,22,26-27H,2-6,13-14H2,1H3,(H,24,28). The molecule has 1 aliphatic carbocycles. The van der Waals surface area contributed by atoms with E-state index in [0.717, 1.165) is 32.1 Å². The maximum Gasteiger partial charge on any atom is 0.408 e. The summed E-state index contributed by atoms with van der Waals surface area (Å²) in [4.78, 5) is 24.0. The Hall–Kier alpha value is -3.17. The fraction of sp³-hybridized carbons (Fsp3) is 0.435. The quantitative estimate of drug-likeness (QED) is 0.417. The molecule has 1 amide bonds. The maximum absolute atomic E-state index is 12.7. The summed E-state index contributed by atoms with van der Waals surface area (Å²) < 4.78 is 10.9. The summed E-state index contributed by atoms with van der Waals surface area (Å²) in [6.07, 6.45) is 3.16. The Morgan fingerprint density at radius 1 is 1.12 bits per heavy atom. The average molecular weight is 444 g/mol. The highest BCUT2D eigenvalue weighted by Gasteiger charge is 2.30. The normalized spacial score (nSPS) is 15.1. The topological polar surface area (TPSA) is 131 Å². The third kappa shape index (κ3) is 5.54. The van der Waals surface area contributed by atoms with Crippen LogP contribution < -0.4 is 10.1 Å². The lowest BCUT2D eigenvalue weighted by atomic mass is 9.95. The van der Waals surface area contributed by atoms with Crippen LogP contribution in [0.25, 0.3) is 0 Å². The molecule has 0 heterocycles. The third-order valence-electron chi connectivity index (χ3n) is 5.74. The van der Waals surface area contributed by atoms with Crippen LogP contribution in [0.15, 0.2) is 36.4 Å². The van der Waals surface area contributed by atoms with E-state index in [1.54, 1.807) is 24.3 Å². The number of alkyl carbamates (subject to hydrolysis) is 1. The fourth-order valence-electron chi connectivity index (χ4n) is 4.00. The van der Waals surface area contributed by atoms with Gasteiger partial charge in [0.25, 0.3) is 5.69 Å². The molecule has 1 aliphatic rings. The van der Waals surface area contributed by atoms with E-state index in [1.807, 2.05) is 0 Å². The number of hydrogen-bond acceptors (Lipinski definition) is 7. The van der Waals surface area contributed by atoms with Crippen molar-refractivity contribution in [1.82, 2.24) is 5.32 Å². The van der Waals surface area contributed by atoms with Crippen LogP contribution in [0.2, 0.25) is 0 Å². The predicted molar refractivity (Wildman–Crippen MR) is 116 cm³/mol. The van der Waals surface area contributed by atoms with E-state index >= 15 is 0 Å². The van der Waals surface area contributed by atoms with Gasteiger partial charge in [-0.2, -0.15) is 0 Å². The van der Waals surface area contributed by atoms with E-state index in [9.17, 15) is 25.1 Å². The van der Waals surface area contributed by atoms with Crippen LogP contribution in [0, 0.1) is 10.1 Å². The van der Waals surface area contributed by atoms with Gasteiger partial charge in [0.15, 0.2) is 6.10 Å². The number of benzene rings is 2. The molecule has 172 valence electrons. The van der Waals surface area contributed by atoms with Gasteiger partial charge in [0.05, 0.1) is 30.8 Å². The summed E-state index contributed by atoms with van der Waals surface area (Å²) in [6.45, 7) is -0.891. The third-order valence-corrected chi connectivity index (χ3v) is 5.74. The minimum atomic E-state index is -1.09. The number of nitrogens with zero attached hydrogens (tertiary/aromatic N) is 1. The number of carbonyl (C=O) groups excluding carboxylic acids is 1. The molecule has 1 fully saturated rings. The van der Waals surface area contributed by atoms with E-state index in [-0.39, 0.29) is 22.9 Å². The van der Waals surface area contributed by atoms with Crippen molar-refractivity contribution in [2.75, 3.05) is 7.11 Å². The predicted octanol–water partition coefficient (Wildman–Crippen LogP) is 3.74. The van der Waals surface area contributed by atoms with Gasteiger partial charge in [-0.25, -0.2) is 4.79 Å². The van der Waals surface area contributed by atoms with Crippen LogP contribution in [0.3, 0.4) is 0 Å². The monoisotopic (exact) mass is 444 g/mol. The van der Waals surface area contributed by atoms with Gasteiger partial charge >= 0.3 is 6.09 Å². The molecule has 2 aromatic carbocycles. The Labute approximate surface area is 186 Å². The minimum Gasteiger partial charge on any atom is -0.497 e. The summed E-state index contributed by atoms with van der Waals surface area (Å²) in [5.41, 5.74) is 0.872. The molecule has 3 N–H and O–H groups in total. The molecular weight excluding hydrogens is 416 g/mol. The van der Waals surface area contributed by atoms with Gasteiger partial charge in [-0.1, -0.05) is 31.4 Å². The second-order valence-electron chi connectivity index (χ2n) is 7.79. The highest BCUT2D eigenvalue weighted by molar-refractivity contribution is 5.69. The zero-order valence-electron chi connectivity index (χ0n) is 18.0. The van der Waals surface area contributed by atoms with Crippen LogP contribution in [0.1, 0.15) is 60.5 Å². The van der Waals surface area contributed by atoms with E-state index < -0.39 is 30.3 Å². The van der Waals surface area contributed by atoms with Gasteiger partial charge in [-0.3, -0.25) is 10.1 Å². The number of aliphatic hydroxyl groups excluding tert-OH is 2. The van der Waals surface area contributed by atoms with Gasteiger partial charge in [-0.05, 0) is 47.7 Å². The Morgan fingerprint density at radius 2 is 1.75 bits per heavy atom. The SMILES string of the molecule is COc1ccc(C(OC(=O)NC2CCCCC2)c2cc(CO)c(CO)cc2[N+](=O)[O-])cc1. The lowest BCUT2D eigenvalue weighted by Crippen LogP contribution is -2.37. The summed E-state index contributed by atoms with van der Waals surface area (Å²) in [5, 5.41) is 33.9. The largest absolute Gasteiger partial charge is 0.497 e. The van der Waals surface area contributed by atoms with Crippen LogP contribution >= 0.6 is 0 Å². The molecule has 0 radical (unpaired) electrons. The van der Waals surface area contributed by atoms with Gasteiger partial charge in [0, 0.05) is 12.1 Å². The van der Waals surface area contributed by atoms with Crippen LogP contribution in [0.5, 0.6) is 5.75 Å². The molecular formula is C23H28N2O7. The van der Waals surface area contributed by atoms with Crippen LogP contribution in [0.4, 0.5) is 10.5 Å². The minimum absolute atomic E-state index is 0.00696. The van der Waals surface area contributed by atoms with Crippen LogP contribution in [-0.4, -0.2) is 34.4 Å². The zero-order chi connectivity index (χ0) is 23.1. The molecule has 1 unspecified atom stereocenters. The molecule has 9 nitrogen and oxygen atoms in total. The van der Waals surface area contributed by atoms with Crippen molar-refractivity contribution in [3.63, 3.8) is 0 Å². The molecule has 9 heteroatoms. The van der Waals surface area contributed by atoms with Crippen molar-refractivity contribution in [1.29, 1.82) is 0 Å². The van der Waals surface area contributed by atoms with Crippen molar-refractivity contribution in [3.05, 3.63) is 68.8 Å². The number of nitrogens with one attached hydrogen (secondary N) is 1. The molecule has 0 spiro atoms. The van der Waals surface area contributed by atoms with Crippen molar-refractivity contribution in [2.24, 2.45) is 0 Å². The number of amides is 1. The van der Waals surface area contributed by atoms with E-state index in [0.29, 0.717) is 16.9 Å². The first-order chi connectivity index (χ1) is 15.5. The Balaban J connectivity index is 2.01. The van der Waals surface area contributed by atoms with Crippen molar-refractivity contribution in [2.45, 2.75) is 57.5 Å². The molecule has 1 atom stereocenters. The molecule has 3 rings (SSSR count). The summed E-state index contributed by atoms with van der Waals surface area (Å²) in [7, 11) is 1.52. The van der Waals surface area contributed by atoms with E-state index in [2.05, 4.69) is 5.32 Å². The maximum atomic E-state index is 12.7. The molecule has 0 saturated heterocycles. The van der Waals surface area contributed by atoms with Gasteiger partial charge in [0.1, 0.15) is 5.75 Å². The van der Waals surface area contributed by atoms with E-state index in [4.69, 9.17) is 9.47 Å². The first-order valence-corrected chi connectivity index (χ1v) is 10.6. The Morgan fingerprint density at radius 3 is 2.31 bits per heavy atom. The number of nitro benzene ring substituents is 1. The molecule has 0 bridgehead atoms. The lowest BCUT2D eigenvalue weighted by molar-refractivity contribution is -0.386. The number of methoxy groups -OCH3 is 1. The summed E-state index contributed by atoms with van der Waals surface area (Å²) in [5.74, 6) is 0.584. The van der Waals surface area contributed by atoms with Gasteiger partial charge in [0.2, 0.25) is 0 Å². The number of carbonyl (C=O) groups is 1. The van der Waals surface area contributed by atoms with Gasteiger partial charge < -0.3 is 25.0 Å². The molecule has 0 aromatic heterocycles. The highest BCUT2D eigenvalue weighted by atomic mass is 16.6.